The predicted molar refractivity (Wildman–Crippen MR) is 101 cm³/mol. The summed E-state index contributed by atoms with van der Waals surface area (Å²) < 4.78 is 5.82. The van der Waals surface area contributed by atoms with Crippen molar-refractivity contribution < 1.29 is 4.42 Å². The smallest absolute Gasteiger partial charge is 0.232 e. The van der Waals surface area contributed by atoms with Crippen molar-refractivity contribution in [2.24, 2.45) is 0 Å². The molecule has 0 saturated heterocycles. The number of nitriles is 1. The molecule has 1 aromatic carbocycles. The summed E-state index contributed by atoms with van der Waals surface area (Å²) in [6, 6.07) is 14.3. The molecule has 0 fully saturated rings. The second-order valence-electron chi connectivity index (χ2n) is 6.05. The highest BCUT2D eigenvalue weighted by Crippen LogP contribution is 2.28. The fraction of sp³-hybridized carbons (Fsp3) is 0.263. The molecule has 1 N–H and O–H groups in total. The van der Waals surface area contributed by atoms with Crippen LogP contribution in [0.4, 0.5) is 5.88 Å². The number of likely N-dealkylation sites (N-methyl/N-ethyl adjacent to an activating group) is 1. The molecule has 0 amide bonds. The first kappa shape index (κ1) is 17.2. The van der Waals surface area contributed by atoms with Gasteiger partial charge in [-0.1, -0.05) is 23.8 Å². The third-order valence-electron chi connectivity index (χ3n) is 3.98. The first-order valence-electron chi connectivity index (χ1n) is 8.00. The van der Waals surface area contributed by atoms with E-state index < -0.39 is 0 Å². The van der Waals surface area contributed by atoms with Gasteiger partial charge < -0.3 is 14.6 Å². The standard InChI is InChI=1S/C19H20N4OS/c1-13-6-8-14(9-7-13)18-22-15(11-20)19(24-18)21-12-16(23(2)3)17-5-4-10-25-17/h4-10,16,21H,12H2,1-3H3/t16-/m1/s1. The lowest BCUT2D eigenvalue weighted by atomic mass is 10.1. The van der Waals surface area contributed by atoms with E-state index in [1.807, 2.05) is 51.4 Å². The van der Waals surface area contributed by atoms with Crippen molar-refractivity contribution in [2.45, 2.75) is 13.0 Å². The fourth-order valence-corrected chi connectivity index (χ4v) is 3.47. The maximum absolute atomic E-state index is 9.36. The average Bonchev–Trinajstić information content (AvgIpc) is 3.25. The topological polar surface area (TPSA) is 65.1 Å². The van der Waals surface area contributed by atoms with Gasteiger partial charge in [0.2, 0.25) is 17.5 Å². The van der Waals surface area contributed by atoms with Gasteiger partial charge in [0.15, 0.2) is 0 Å². The van der Waals surface area contributed by atoms with E-state index in [1.54, 1.807) is 11.3 Å². The Hall–Kier alpha value is -2.62. The normalized spacial score (nSPS) is 12.1. The molecule has 5 nitrogen and oxygen atoms in total. The predicted octanol–water partition coefficient (Wildman–Crippen LogP) is 4.30. The Balaban J connectivity index is 1.80. The molecule has 0 aliphatic heterocycles. The highest BCUT2D eigenvalue weighted by molar-refractivity contribution is 7.10. The van der Waals surface area contributed by atoms with Crippen LogP contribution in [0.3, 0.4) is 0 Å². The van der Waals surface area contributed by atoms with Crippen molar-refractivity contribution in [2.75, 3.05) is 26.0 Å². The van der Waals surface area contributed by atoms with Crippen molar-refractivity contribution in [3.05, 3.63) is 57.9 Å². The third kappa shape index (κ3) is 3.90. The Morgan fingerprint density at radius 2 is 2.04 bits per heavy atom. The van der Waals surface area contributed by atoms with Gasteiger partial charge in [-0.05, 0) is 44.6 Å². The van der Waals surface area contributed by atoms with Crippen molar-refractivity contribution >= 4 is 17.2 Å². The number of rotatable bonds is 6. The zero-order chi connectivity index (χ0) is 17.8. The van der Waals surface area contributed by atoms with Crippen LogP contribution in [0.5, 0.6) is 0 Å². The van der Waals surface area contributed by atoms with Gasteiger partial charge in [-0.25, -0.2) is 0 Å². The molecule has 2 heterocycles. The number of hydrogen-bond donors (Lipinski definition) is 1. The molecule has 0 spiro atoms. The van der Waals surface area contributed by atoms with Crippen molar-refractivity contribution in [3.63, 3.8) is 0 Å². The molecule has 128 valence electrons. The Kier molecular flexibility index (Phi) is 5.17. The summed E-state index contributed by atoms with van der Waals surface area (Å²) in [5, 5.41) is 14.7. The first-order chi connectivity index (χ1) is 12.1. The van der Waals surface area contributed by atoms with Crippen LogP contribution in [0.25, 0.3) is 11.5 Å². The second kappa shape index (κ2) is 7.51. The molecule has 0 radical (unpaired) electrons. The van der Waals surface area contributed by atoms with Crippen LogP contribution in [-0.4, -0.2) is 30.5 Å². The fourth-order valence-electron chi connectivity index (χ4n) is 2.54. The summed E-state index contributed by atoms with van der Waals surface area (Å²) in [5.41, 5.74) is 2.30. The SMILES string of the molecule is Cc1ccc(-c2nc(C#N)c(NC[C@H](c3cccs3)N(C)C)o2)cc1. The molecule has 25 heavy (non-hydrogen) atoms. The van der Waals surface area contributed by atoms with E-state index >= 15 is 0 Å². The molecule has 3 rings (SSSR count). The zero-order valence-corrected chi connectivity index (χ0v) is 15.3. The molecule has 0 unspecified atom stereocenters. The van der Waals surface area contributed by atoms with Gasteiger partial charge in [0.1, 0.15) is 6.07 Å². The van der Waals surface area contributed by atoms with E-state index in [0.717, 1.165) is 5.56 Å². The largest absolute Gasteiger partial charge is 0.419 e. The van der Waals surface area contributed by atoms with Crippen molar-refractivity contribution in [1.82, 2.24) is 9.88 Å². The summed E-state index contributed by atoms with van der Waals surface area (Å²) in [7, 11) is 4.07. The molecule has 0 aliphatic carbocycles. The van der Waals surface area contributed by atoms with E-state index in [4.69, 9.17) is 4.42 Å². The number of oxazole rings is 1. The highest BCUT2D eigenvalue weighted by atomic mass is 32.1. The van der Waals surface area contributed by atoms with Crippen LogP contribution in [0.1, 0.15) is 22.2 Å². The molecule has 0 saturated carbocycles. The van der Waals surface area contributed by atoms with Gasteiger partial charge in [0.25, 0.3) is 0 Å². The van der Waals surface area contributed by atoms with E-state index in [0.29, 0.717) is 18.3 Å². The monoisotopic (exact) mass is 352 g/mol. The summed E-state index contributed by atoms with van der Waals surface area (Å²) in [6.45, 7) is 2.66. The summed E-state index contributed by atoms with van der Waals surface area (Å²) in [6.07, 6.45) is 0. The third-order valence-corrected chi connectivity index (χ3v) is 4.96. The first-order valence-corrected chi connectivity index (χ1v) is 8.88. The minimum Gasteiger partial charge on any atom is -0.419 e. The molecule has 0 bridgehead atoms. The van der Waals surface area contributed by atoms with Gasteiger partial charge in [-0.2, -0.15) is 10.2 Å². The zero-order valence-electron chi connectivity index (χ0n) is 14.5. The number of thiophene rings is 1. The average molecular weight is 352 g/mol. The molecule has 2 aromatic heterocycles. The quantitative estimate of drug-likeness (QED) is 0.716. The van der Waals surface area contributed by atoms with E-state index in [9.17, 15) is 5.26 Å². The van der Waals surface area contributed by atoms with E-state index in [2.05, 4.69) is 32.7 Å². The maximum atomic E-state index is 9.36. The summed E-state index contributed by atoms with van der Waals surface area (Å²) in [5.74, 6) is 0.873. The Morgan fingerprint density at radius 3 is 2.64 bits per heavy atom. The maximum Gasteiger partial charge on any atom is 0.232 e. The number of anilines is 1. The van der Waals surface area contributed by atoms with Gasteiger partial charge in [0, 0.05) is 17.0 Å². The Morgan fingerprint density at radius 1 is 1.28 bits per heavy atom. The highest BCUT2D eigenvalue weighted by Gasteiger charge is 2.19. The Labute approximate surface area is 151 Å². The second-order valence-corrected chi connectivity index (χ2v) is 7.03. The van der Waals surface area contributed by atoms with Crippen LogP contribution in [0.15, 0.2) is 46.2 Å². The summed E-state index contributed by atoms with van der Waals surface area (Å²) >= 11 is 1.71. The number of nitrogens with zero attached hydrogens (tertiary/aromatic N) is 3. The molecule has 0 aliphatic rings. The van der Waals surface area contributed by atoms with Crippen molar-refractivity contribution in [3.8, 4) is 17.5 Å². The molecular weight excluding hydrogens is 332 g/mol. The molecule has 1 atom stereocenters. The van der Waals surface area contributed by atoms with Gasteiger partial charge >= 0.3 is 0 Å². The van der Waals surface area contributed by atoms with E-state index in [1.165, 1.54) is 10.4 Å². The lowest BCUT2D eigenvalue weighted by molar-refractivity contribution is 0.315. The number of aromatic nitrogens is 1. The van der Waals surface area contributed by atoms with Crippen LogP contribution in [0.2, 0.25) is 0 Å². The van der Waals surface area contributed by atoms with Crippen LogP contribution in [-0.2, 0) is 0 Å². The van der Waals surface area contributed by atoms with Crippen molar-refractivity contribution in [1.29, 1.82) is 5.26 Å². The van der Waals surface area contributed by atoms with Crippen LogP contribution in [0, 0.1) is 18.3 Å². The minimum atomic E-state index is 0.194. The number of nitrogens with one attached hydrogen (secondary N) is 1. The lowest BCUT2D eigenvalue weighted by Gasteiger charge is -2.23. The molecular formula is C19H20N4OS. The molecule has 6 heteroatoms. The summed E-state index contributed by atoms with van der Waals surface area (Å²) in [4.78, 5) is 7.71. The molecule has 3 aromatic rings. The number of aryl methyl sites for hydroxylation is 1. The van der Waals surface area contributed by atoms with E-state index in [-0.39, 0.29) is 11.7 Å². The Bertz CT molecular complexity index is 860. The minimum absolute atomic E-state index is 0.194. The number of hydrogen-bond acceptors (Lipinski definition) is 6. The lowest BCUT2D eigenvalue weighted by Crippen LogP contribution is -2.26. The van der Waals surface area contributed by atoms with Gasteiger partial charge in [-0.15, -0.1) is 11.3 Å². The van der Waals surface area contributed by atoms with Gasteiger partial charge in [-0.3, -0.25) is 0 Å². The number of benzene rings is 1. The van der Waals surface area contributed by atoms with Crippen LogP contribution < -0.4 is 5.32 Å². The van der Waals surface area contributed by atoms with Gasteiger partial charge in [0.05, 0.1) is 6.04 Å². The van der Waals surface area contributed by atoms with Crippen LogP contribution >= 0.6 is 11.3 Å².